The van der Waals surface area contributed by atoms with E-state index in [1.165, 1.54) is 0 Å². The molecule has 0 aromatic rings. The molecule has 0 saturated carbocycles. The molecule has 6 heteroatoms. The second-order valence-electron chi connectivity index (χ2n) is 3.94. The Bertz CT molecular complexity index is 237. The maximum atomic E-state index is 11.6. The summed E-state index contributed by atoms with van der Waals surface area (Å²) >= 11 is 0. The van der Waals surface area contributed by atoms with Crippen molar-refractivity contribution in [1.29, 1.82) is 0 Å². The van der Waals surface area contributed by atoms with Gasteiger partial charge in [0, 0.05) is 43.1 Å². The maximum absolute atomic E-state index is 11.6. The lowest BCUT2D eigenvalue weighted by molar-refractivity contribution is -0.122. The van der Waals surface area contributed by atoms with Crippen LogP contribution in [0.1, 0.15) is 19.8 Å². The minimum Gasteiger partial charge on any atom is -0.385 e. The molecule has 17 heavy (non-hydrogen) atoms. The first-order valence-electron chi connectivity index (χ1n) is 5.88. The molecule has 0 aliphatic rings. The van der Waals surface area contributed by atoms with Gasteiger partial charge < -0.3 is 15.4 Å². The molecule has 0 spiro atoms. The number of carbonyl (C=O) groups excluding carboxylic acids is 1. The Kier molecular flexibility index (Phi) is 10.4. The number of hydrogen-bond donors (Lipinski definition) is 2. The highest BCUT2D eigenvalue weighted by molar-refractivity contribution is 7.84. The van der Waals surface area contributed by atoms with Crippen LogP contribution < -0.4 is 10.6 Å². The van der Waals surface area contributed by atoms with Crippen LogP contribution in [0.4, 0.5) is 0 Å². The Hall–Kier alpha value is -0.460. The van der Waals surface area contributed by atoms with Gasteiger partial charge >= 0.3 is 0 Å². The third-order valence-corrected chi connectivity index (χ3v) is 3.14. The van der Waals surface area contributed by atoms with E-state index in [-0.39, 0.29) is 11.9 Å². The number of carbonyl (C=O) groups is 1. The molecular weight excluding hydrogens is 240 g/mol. The number of nitrogens with one attached hydrogen (secondary N) is 2. The molecule has 0 bridgehead atoms. The number of rotatable bonds is 10. The predicted molar refractivity (Wildman–Crippen MR) is 70.5 cm³/mol. The molecule has 102 valence electrons. The van der Waals surface area contributed by atoms with E-state index < -0.39 is 10.8 Å². The van der Waals surface area contributed by atoms with Crippen LogP contribution in [0.2, 0.25) is 0 Å². The number of amides is 1. The Morgan fingerprint density at radius 3 is 2.65 bits per heavy atom. The lowest BCUT2D eigenvalue weighted by Gasteiger charge is -2.13. The van der Waals surface area contributed by atoms with Crippen LogP contribution in [0, 0.1) is 0 Å². The topological polar surface area (TPSA) is 67.4 Å². The van der Waals surface area contributed by atoms with Gasteiger partial charge in [0.25, 0.3) is 0 Å². The smallest absolute Gasteiger partial charge is 0.236 e. The highest BCUT2D eigenvalue weighted by Gasteiger charge is 2.10. The summed E-state index contributed by atoms with van der Waals surface area (Å²) in [5.74, 6) is 0.675. The van der Waals surface area contributed by atoms with Crippen LogP contribution in [0.5, 0.6) is 0 Å². The van der Waals surface area contributed by atoms with E-state index in [9.17, 15) is 9.00 Å². The second kappa shape index (κ2) is 10.7. The van der Waals surface area contributed by atoms with E-state index in [1.807, 2.05) is 6.92 Å². The lowest BCUT2D eigenvalue weighted by atomic mass is 10.3. The normalized spacial score (nSPS) is 14.3. The van der Waals surface area contributed by atoms with Crippen molar-refractivity contribution in [2.24, 2.45) is 0 Å². The molecule has 0 aliphatic heterocycles. The van der Waals surface area contributed by atoms with Crippen molar-refractivity contribution in [2.75, 3.05) is 38.8 Å². The first kappa shape index (κ1) is 16.5. The van der Waals surface area contributed by atoms with E-state index in [0.29, 0.717) is 25.4 Å². The van der Waals surface area contributed by atoms with Crippen molar-refractivity contribution < 1.29 is 13.7 Å². The van der Waals surface area contributed by atoms with Gasteiger partial charge in [-0.25, -0.2) is 0 Å². The summed E-state index contributed by atoms with van der Waals surface area (Å²) in [7, 11) is 0.890. The molecule has 0 aromatic heterocycles. The highest BCUT2D eigenvalue weighted by Crippen LogP contribution is 1.87. The molecule has 2 atom stereocenters. The van der Waals surface area contributed by atoms with Crippen LogP contribution in [0.15, 0.2) is 0 Å². The van der Waals surface area contributed by atoms with Gasteiger partial charge in [-0.2, -0.15) is 0 Å². The fourth-order valence-corrected chi connectivity index (χ4v) is 1.82. The van der Waals surface area contributed by atoms with Gasteiger partial charge in [0.15, 0.2) is 0 Å². The molecule has 0 aromatic carbocycles. The van der Waals surface area contributed by atoms with E-state index in [0.717, 1.165) is 12.8 Å². The monoisotopic (exact) mass is 264 g/mol. The standard InChI is InChI=1S/C11H24N2O3S/c1-10(12-7-5-9-17(3)15)11(14)13-6-4-8-16-2/h10,12H,4-9H2,1-3H3,(H,13,14). The first-order chi connectivity index (χ1) is 8.07. The van der Waals surface area contributed by atoms with Gasteiger partial charge in [-0.05, 0) is 26.3 Å². The third-order valence-electron chi connectivity index (χ3n) is 2.28. The second-order valence-corrected chi connectivity index (χ2v) is 5.50. The molecule has 2 unspecified atom stereocenters. The van der Waals surface area contributed by atoms with E-state index in [1.54, 1.807) is 13.4 Å². The largest absolute Gasteiger partial charge is 0.385 e. The Labute approximate surface area is 106 Å². The molecule has 0 rings (SSSR count). The van der Waals surface area contributed by atoms with Crippen molar-refractivity contribution in [3.05, 3.63) is 0 Å². The first-order valence-corrected chi connectivity index (χ1v) is 7.60. The van der Waals surface area contributed by atoms with Crippen LogP contribution in [0.25, 0.3) is 0 Å². The van der Waals surface area contributed by atoms with Gasteiger partial charge in [-0.3, -0.25) is 9.00 Å². The summed E-state index contributed by atoms with van der Waals surface area (Å²) in [4.78, 5) is 11.6. The zero-order chi connectivity index (χ0) is 13.1. The fraction of sp³-hybridized carbons (Fsp3) is 0.909. The molecule has 0 aliphatic carbocycles. The Morgan fingerprint density at radius 2 is 2.06 bits per heavy atom. The number of hydrogen-bond acceptors (Lipinski definition) is 4. The average Bonchev–Trinajstić information content (AvgIpc) is 2.29. The molecule has 5 nitrogen and oxygen atoms in total. The quantitative estimate of drug-likeness (QED) is 0.540. The number of ether oxygens (including phenoxy) is 1. The molecule has 0 radical (unpaired) electrons. The predicted octanol–water partition coefficient (Wildman–Crippen LogP) is -0.114. The average molecular weight is 264 g/mol. The Balaban J connectivity index is 3.50. The number of methoxy groups -OCH3 is 1. The van der Waals surface area contributed by atoms with Gasteiger partial charge in [-0.15, -0.1) is 0 Å². The lowest BCUT2D eigenvalue weighted by Crippen LogP contribution is -2.43. The van der Waals surface area contributed by atoms with E-state index in [4.69, 9.17) is 4.74 Å². The SMILES string of the molecule is COCCCNC(=O)C(C)NCCCS(C)=O. The summed E-state index contributed by atoms with van der Waals surface area (Å²) in [6.07, 6.45) is 3.33. The van der Waals surface area contributed by atoms with E-state index in [2.05, 4.69) is 10.6 Å². The third kappa shape index (κ3) is 10.4. The van der Waals surface area contributed by atoms with Gasteiger partial charge in [0.05, 0.1) is 6.04 Å². The molecule has 0 fully saturated rings. The highest BCUT2D eigenvalue weighted by atomic mass is 32.2. The molecule has 0 saturated heterocycles. The van der Waals surface area contributed by atoms with Crippen molar-refractivity contribution in [2.45, 2.75) is 25.8 Å². The van der Waals surface area contributed by atoms with Crippen LogP contribution in [-0.2, 0) is 20.3 Å². The summed E-state index contributed by atoms with van der Waals surface area (Å²) in [5, 5.41) is 5.93. The molecule has 2 N–H and O–H groups in total. The maximum Gasteiger partial charge on any atom is 0.236 e. The Morgan fingerprint density at radius 1 is 1.35 bits per heavy atom. The van der Waals surface area contributed by atoms with Gasteiger partial charge in [-0.1, -0.05) is 0 Å². The van der Waals surface area contributed by atoms with Crippen molar-refractivity contribution in [1.82, 2.24) is 10.6 Å². The zero-order valence-corrected chi connectivity index (χ0v) is 11.8. The summed E-state index contributed by atoms with van der Waals surface area (Å²) in [6.45, 7) is 3.84. The summed E-state index contributed by atoms with van der Waals surface area (Å²) in [6, 6.07) is -0.206. The van der Waals surface area contributed by atoms with Crippen LogP contribution in [0.3, 0.4) is 0 Å². The van der Waals surface area contributed by atoms with E-state index >= 15 is 0 Å². The minimum atomic E-state index is -0.753. The molecule has 1 amide bonds. The van der Waals surface area contributed by atoms with Crippen molar-refractivity contribution in [3.8, 4) is 0 Å². The van der Waals surface area contributed by atoms with Crippen LogP contribution >= 0.6 is 0 Å². The fourth-order valence-electron chi connectivity index (χ4n) is 1.27. The van der Waals surface area contributed by atoms with Crippen LogP contribution in [-0.4, -0.2) is 55.0 Å². The minimum absolute atomic E-state index is 0.00118. The molecular formula is C11H24N2O3S. The molecule has 0 heterocycles. The summed E-state index contributed by atoms with van der Waals surface area (Å²) in [5.41, 5.74) is 0. The summed E-state index contributed by atoms with van der Waals surface area (Å²) < 4.78 is 15.7. The van der Waals surface area contributed by atoms with Crippen molar-refractivity contribution >= 4 is 16.7 Å². The van der Waals surface area contributed by atoms with Gasteiger partial charge in [0.1, 0.15) is 0 Å². The van der Waals surface area contributed by atoms with Gasteiger partial charge in [0.2, 0.25) is 5.91 Å². The zero-order valence-electron chi connectivity index (χ0n) is 11.0. The van der Waals surface area contributed by atoms with Crippen molar-refractivity contribution in [3.63, 3.8) is 0 Å².